The number of hydrogen-bond acceptors (Lipinski definition) is 4. The molecular formula is C12H15FO5S. The Morgan fingerprint density at radius 1 is 1.42 bits per heavy atom. The van der Waals surface area contributed by atoms with Crippen molar-refractivity contribution in [2.75, 3.05) is 18.1 Å². The van der Waals surface area contributed by atoms with E-state index in [4.69, 9.17) is 9.84 Å². The fourth-order valence-corrected chi connectivity index (χ4v) is 2.22. The molecule has 0 bridgehead atoms. The Balaban J connectivity index is 2.51. The number of halogens is 1. The second-order valence-electron chi connectivity index (χ2n) is 3.89. The van der Waals surface area contributed by atoms with Crippen LogP contribution in [-0.2, 0) is 9.84 Å². The van der Waals surface area contributed by atoms with Gasteiger partial charge in [-0.3, -0.25) is 0 Å². The maximum atomic E-state index is 13.3. The van der Waals surface area contributed by atoms with Crippen LogP contribution >= 0.6 is 0 Å². The van der Waals surface area contributed by atoms with Crippen LogP contribution < -0.4 is 4.74 Å². The minimum atomic E-state index is -3.03. The third-order valence-corrected chi connectivity index (χ3v) is 4.27. The van der Waals surface area contributed by atoms with Crippen molar-refractivity contribution in [3.63, 3.8) is 0 Å². The zero-order valence-electron chi connectivity index (χ0n) is 10.4. The lowest BCUT2D eigenvalue weighted by atomic mass is 10.2. The van der Waals surface area contributed by atoms with Gasteiger partial charge in [-0.25, -0.2) is 17.6 Å². The van der Waals surface area contributed by atoms with Gasteiger partial charge in [0.15, 0.2) is 0 Å². The van der Waals surface area contributed by atoms with Crippen LogP contribution in [0.4, 0.5) is 4.39 Å². The van der Waals surface area contributed by atoms with Crippen LogP contribution in [0.25, 0.3) is 0 Å². The average molecular weight is 290 g/mol. The Labute approximate surface area is 110 Å². The second kappa shape index (κ2) is 6.51. The van der Waals surface area contributed by atoms with Crippen LogP contribution in [0.5, 0.6) is 5.75 Å². The minimum absolute atomic E-state index is 0.0131. The smallest absolute Gasteiger partial charge is 0.338 e. The van der Waals surface area contributed by atoms with Crippen LogP contribution in [0.15, 0.2) is 18.2 Å². The number of ether oxygens (including phenoxy) is 1. The molecule has 0 aromatic heterocycles. The van der Waals surface area contributed by atoms with Crippen molar-refractivity contribution in [1.82, 2.24) is 0 Å². The van der Waals surface area contributed by atoms with Crippen LogP contribution in [0.1, 0.15) is 23.7 Å². The van der Waals surface area contributed by atoms with Gasteiger partial charge in [-0.1, -0.05) is 6.92 Å². The number of rotatable bonds is 7. The standard InChI is InChI=1S/C12H15FO5S/c1-2-19(16,17)7-3-6-18-9-4-5-10(12(14)15)11(13)8-9/h4-5,8H,2-3,6-7H2,1H3,(H,14,15). The van der Waals surface area contributed by atoms with Crippen LogP contribution in [0.2, 0.25) is 0 Å². The average Bonchev–Trinajstić information content (AvgIpc) is 2.34. The molecule has 0 saturated heterocycles. The zero-order valence-corrected chi connectivity index (χ0v) is 11.2. The fourth-order valence-electron chi connectivity index (χ4n) is 1.37. The van der Waals surface area contributed by atoms with Crippen molar-refractivity contribution in [2.24, 2.45) is 0 Å². The molecule has 0 unspecified atom stereocenters. The third kappa shape index (κ3) is 4.86. The first-order valence-corrected chi connectivity index (χ1v) is 7.54. The first kappa shape index (κ1) is 15.4. The molecule has 0 heterocycles. The van der Waals surface area contributed by atoms with E-state index in [-0.39, 0.29) is 23.9 Å². The van der Waals surface area contributed by atoms with Crippen molar-refractivity contribution in [3.8, 4) is 5.75 Å². The van der Waals surface area contributed by atoms with Gasteiger partial charge in [-0.2, -0.15) is 0 Å². The fraction of sp³-hybridized carbons (Fsp3) is 0.417. The van der Waals surface area contributed by atoms with Gasteiger partial charge >= 0.3 is 5.97 Å². The van der Waals surface area contributed by atoms with E-state index in [1.54, 1.807) is 6.92 Å². The molecule has 7 heteroatoms. The number of carboxylic acid groups (broad SMARTS) is 1. The van der Waals surface area contributed by atoms with Gasteiger partial charge in [0.25, 0.3) is 0 Å². The van der Waals surface area contributed by atoms with Gasteiger partial charge < -0.3 is 9.84 Å². The van der Waals surface area contributed by atoms with E-state index in [1.807, 2.05) is 0 Å². The number of aromatic carboxylic acids is 1. The number of hydrogen-bond donors (Lipinski definition) is 1. The number of carboxylic acids is 1. The molecule has 106 valence electrons. The molecule has 0 aliphatic carbocycles. The molecule has 0 aliphatic rings. The van der Waals surface area contributed by atoms with E-state index < -0.39 is 27.2 Å². The predicted molar refractivity (Wildman–Crippen MR) is 67.8 cm³/mol. The summed E-state index contributed by atoms with van der Waals surface area (Å²) in [6.45, 7) is 1.70. The summed E-state index contributed by atoms with van der Waals surface area (Å²) in [4.78, 5) is 10.6. The summed E-state index contributed by atoms with van der Waals surface area (Å²) in [7, 11) is -3.03. The van der Waals surface area contributed by atoms with Crippen molar-refractivity contribution in [1.29, 1.82) is 0 Å². The monoisotopic (exact) mass is 290 g/mol. The highest BCUT2D eigenvalue weighted by atomic mass is 32.2. The SMILES string of the molecule is CCS(=O)(=O)CCCOc1ccc(C(=O)O)c(F)c1. The van der Waals surface area contributed by atoms with E-state index in [2.05, 4.69) is 0 Å². The highest BCUT2D eigenvalue weighted by molar-refractivity contribution is 7.91. The maximum Gasteiger partial charge on any atom is 0.338 e. The zero-order chi connectivity index (χ0) is 14.5. The van der Waals surface area contributed by atoms with Gasteiger partial charge in [-0.05, 0) is 18.6 Å². The molecule has 0 saturated carbocycles. The molecule has 0 spiro atoms. The van der Waals surface area contributed by atoms with Gasteiger partial charge in [0.1, 0.15) is 21.4 Å². The van der Waals surface area contributed by atoms with E-state index in [0.29, 0.717) is 6.42 Å². The molecular weight excluding hydrogens is 275 g/mol. The highest BCUT2D eigenvalue weighted by Gasteiger charge is 2.11. The molecule has 5 nitrogen and oxygen atoms in total. The molecule has 0 amide bonds. The van der Waals surface area contributed by atoms with Crippen molar-refractivity contribution in [2.45, 2.75) is 13.3 Å². The number of carbonyl (C=O) groups is 1. The van der Waals surface area contributed by atoms with Crippen molar-refractivity contribution < 1.29 is 27.4 Å². The lowest BCUT2D eigenvalue weighted by molar-refractivity contribution is 0.0692. The second-order valence-corrected chi connectivity index (χ2v) is 6.36. The van der Waals surface area contributed by atoms with Gasteiger partial charge in [0.2, 0.25) is 0 Å². The summed E-state index contributed by atoms with van der Waals surface area (Å²) >= 11 is 0. The Morgan fingerprint density at radius 3 is 2.63 bits per heavy atom. The molecule has 1 aromatic carbocycles. The first-order chi connectivity index (χ1) is 8.85. The Kier molecular flexibility index (Phi) is 5.29. The lowest BCUT2D eigenvalue weighted by Gasteiger charge is -2.07. The van der Waals surface area contributed by atoms with Crippen molar-refractivity contribution in [3.05, 3.63) is 29.6 Å². The molecule has 0 atom stereocenters. The van der Waals surface area contributed by atoms with E-state index in [9.17, 15) is 17.6 Å². The van der Waals surface area contributed by atoms with Gasteiger partial charge in [0.05, 0.1) is 17.9 Å². The summed E-state index contributed by atoms with van der Waals surface area (Å²) in [6, 6.07) is 3.41. The van der Waals surface area contributed by atoms with Crippen LogP contribution in [0, 0.1) is 5.82 Å². The molecule has 1 rings (SSSR count). The van der Waals surface area contributed by atoms with Crippen LogP contribution in [0.3, 0.4) is 0 Å². The van der Waals surface area contributed by atoms with Gasteiger partial charge in [0, 0.05) is 11.8 Å². The normalized spacial score (nSPS) is 11.3. The maximum absolute atomic E-state index is 13.3. The quantitative estimate of drug-likeness (QED) is 0.773. The van der Waals surface area contributed by atoms with Crippen LogP contribution in [-0.4, -0.2) is 37.6 Å². The van der Waals surface area contributed by atoms with Crippen molar-refractivity contribution >= 4 is 15.8 Å². The highest BCUT2D eigenvalue weighted by Crippen LogP contribution is 2.17. The van der Waals surface area contributed by atoms with E-state index >= 15 is 0 Å². The minimum Gasteiger partial charge on any atom is -0.493 e. The number of sulfone groups is 1. The molecule has 19 heavy (non-hydrogen) atoms. The van der Waals surface area contributed by atoms with Gasteiger partial charge in [-0.15, -0.1) is 0 Å². The third-order valence-electron chi connectivity index (χ3n) is 2.48. The topological polar surface area (TPSA) is 80.7 Å². The molecule has 1 N–H and O–H groups in total. The first-order valence-electron chi connectivity index (χ1n) is 5.72. The lowest BCUT2D eigenvalue weighted by Crippen LogP contribution is -2.12. The summed E-state index contributed by atoms with van der Waals surface area (Å²) in [5.41, 5.74) is -0.430. The Bertz CT molecular complexity index is 553. The Hall–Kier alpha value is -1.63. The molecule has 0 aliphatic heterocycles. The van der Waals surface area contributed by atoms with E-state index in [1.165, 1.54) is 6.07 Å². The summed E-state index contributed by atoms with van der Waals surface area (Å²) in [5, 5.41) is 8.64. The number of benzene rings is 1. The summed E-state index contributed by atoms with van der Waals surface area (Å²) in [5.74, 6) is -1.96. The summed E-state index contributed by atoms with van der Waals surface area (Å²) in [6.07, 6.45) is 0.304. The molecule has 1 aromatic rings. The summed E-state index contributed by atoms with van der Waals surface area (Å²) < 4.78 is 40.9. The largest absolute Gasteiger partial charge is 0.493 e. The predicted octanol–water partition coefficient (Wildman–Crippen LogP) is 1.73. The molecule has 0 fully saturated rings. The molecule has 0 radical (unpaired) electrons. The van der Waals surface area contributed by atoms with E-state index in [0.717, 1.165) is 12.1 Å². The Morgan fingerprint density at radius 2 is 2.11 bits per heavy atom.